The quantitative estimate of drug-likeness (QED) is 0.365. The van der Waals surface area contributed by atoms with Crippen LogP contribution in [0.3, 0.4) is 0 Å². The number of nitrogens with two attached hydrogens (primary N) is 1. The summed E-state index contributed by atoms with van der Waals surface area (Å²) in [5.41, 5.74) is 7.20. The van der Waals surface area contributed by atoms with Crippen molar-refractivity contribution < 1.29 is 5.21 Å². The van der Waals surface area contributed by atoms with Gasteiger partial charge in [-0.15, -0.1) is 0 Å². The van der Waals surface area contributed by atoms with Gasteiger partial charge >= 0.3 is 0 Å². The van der Waals surface area contributed by atoms with Gasteiger partial charge in [0.15, 0.2) is 5.84 Å². The third kappa shape index (κ3) is 4.40. The Morgan fingerprint density at radius 1 is 1.53 bits per heavy atom. The highest BCUT2D eigenvalue weighted by Gasteiger charge is 2.11. The standard InChI is InChI=1S/C14H22ClN3O/c1-4-5-10(2)18(3)9-12-7-6-11(8-13(12)15)14(16)17-19/h6-8,10,19H,4-5,9H2,1-3H3,(H2,16,17). The van der Waals surface area contributed by atoms with Gasteiger partial charge in [-0.2, -0.15) is 0 Å². The molecule has 0 bridgehead atoms. The first-order chi connectivity index (χ1) is 8.99. The second-order valence-corrected chi connectivity index (χ2v) is 5.25. The van der Waals surface area contributed by atoms with Crippen molar-refractivity contribution in [1.82, 2.24) is 4.90 Å². The SMILES string of the molecule is CCCC(C)N(C)Cc1ccc(/C(N)=N/O)cc1Cl. The molecule has 1 aromatic rings. The Morgan fingerprint density at radius 3 is 2.74 bits per heavy atom. The molecule has 0 fully saturated rings. The fourth-order valence-electron chi connectivity index (χ4n) is 1.96. The van der Waals surface area contributed by atoms with Gasteiger partial charge in [0, 0.05) is 23.2 Å². The van der Waals surface area contributed by atoms with E-state index in [1.165, 1.54) is 6.42 Å². The summed E-state index contributed by atoms with van der Waals surface area (Å²) in [5.74, 6) is 0.0705. The van der Waals surface area contributed by atoms with Crippen LogP contribution in [-0.4, -0.2) is 29.0 Å². The average Bonchev–Trinajstić information content (AvgIpc) is 2.40. The van der Waals surface area contributed by atoms with Crippen LogP contribution in [0.15, 0.2) is 23.4 Å². The lowest BCUT2D eigenvalue weighted by Crippen LogP contribution is -2.28. The molecule has 0 saturated heterocycles. The highest BCUT2D eigenvalue weighted by molar-refractivity contribution is 6.31. The highest BCUT2D eigenvalue weighted by atomic mass is 35.5. The van der Waals surface area contributed by atoms with Crippen LogP contribution in [0.25, 0.3) is 0 Å². The first-order valence-electron chi connectivity index (χ1n) is 6.46. The maximum absolute atomic E-state index is 8.64. The van der Waals surface area contributed by atoms with E-state index in [4.69, 9.17) is 22.5 Å². The van der Waals surface area contributed by atoms with Gasteiger partial charge in [0.05, 0.1) is 0 Å². The Morgan fingerprint density at radius 2 is 2.21 bits per heavy atom. The van der Waals surface area contributed by atoms with Crippen LogP contribution in [-0.2, 0) is 6.54 Å². The van der Waals surface area contributed by atoms with Crippen molar-refractivity contribution >= 4 is 17.4 Å². The van der Waals surface area contributed by atoms with E-state index in [2.05, 4.69) is 31.0 Å². The normalized spacial score (nSPS) is 13.8. The number of nitrogens with zero attached hydrogens (tertiary/aromatic N) is 2. The van der Waals surface area contributed by atoms with E-state index in [-0.39, 0.29) is 5.84 Å². The summed E-state index contributed by atoms with van der Waals surface area (Å²) in [7, 11) is 2.09. The van der Waals surface area contributed by atoms with E-state index in [1.54, 1.807) is 6.07 Å². The van der Waals surface area contributed by atoms with Crippen molar-refractivity contribution in [2.24, 2.45) is 10.9 Å². The van der Waals surface area contributed by atoms with Gasteiger partial charge in [-0.3, -0.25) is 4.90 Å². The number of hydrogen-bond acceptors (Lipinski definition) is 3. The van der Waals surface area contributed by atoms with Crippen LogP contribution in [0.1, 0.15) is 37.8 Å². The molecule has 0 aliphatic rings. The van der Waals surface area contributed by atoms with Gasteiger partial charge in [0.2, 0.25) is 0 Å². The van der Waals surface area contributed by atoms with Crippen molar-refractivity contribution in [1.29, 1.82) is 0 Å². The first-order valence-corrected chi connectivity index (χ1v) is 6.84. The van der Waals surface area contributed by atoms with Crippen molar-refractivity contribution in [3.05, 3.63) is 34.3 Å². The molecule has 0 radical (unpaired) electrons. The molecule has 1 atom stereocenters. The third-order valence-electron chi connectivity index (χ3n) is 3.34. The lowest BCUT2D eigenvalue weighted by atomic mass is 10.1. The first kappa shape index (κ1) is 15.8. The smallest absolute Gasteiger partial charge is 0.170 e. The molecule has 106 valence electrons. The maximum Gasteiger partial charge on any atom is 0.170 e. The predicted octanol–water partition coefficient (Wildman–Crippen LogP) is 3.05. The Labute approximate surface area is 119 Å². The number of amidine groups is 1. The summed E-state index contributed by atoms with van der Waals surface area (Å²) in [5, 5.41) is 12.2. The van der Waals surface area contributed by atoms with Crippen molar-refractivity contribution in [2.75, 3.05) is 7.05 Å². The van der Waals surface area contributed by atoms with E-state index < -0.39 is 0 Å². The fourth-order valence-corrected chi connectivity index (χ4v) is 2.20. The lowest BCUT2D eigenvalue weighted by molar-refractivity contribution is 0.237. The summed E-state index contributed by atoms with van der Waals surface area (Å²) in [6.07, 6.45) is 2.33. The van der Waals surface area contributed by atoms with E-state index in [1.807, 2.05) is 12.1 Å². The molecule has 0 heterocycles. The van der Waals surface area contributed by atoms with E-state index in [0.29, 0.717) is 16.6 Å². The molecule has 19 heavy (non-hydrogen) atoms. The molecule has 0 amide bonds. The Bertz CT molecular complexity index is 448. The van der Waals surface area contributed by atoms with Gasteiger partial charge in [0.1, 0.15) is 0 Å². The summed E-state index contributed by atoms with van der Waals surface area (Å²) < 4.78 is 0. The molecule has 5 heteroatoms. The molecule has 3 N–H and O–H groups in total. The molecule has 1 rings (SSSR count). The van der Waals surface area contributed by atoms with Gasteiger partial charge in [-0.05, 0) is 32.0 Å². The topological polar surface area (TPSA) is 61.8 Å². The average molecular weight is 284 g/mol. The minimum atomic E-state index is 0.0705. The summed E-state index contributed by atoms with van der Waals surface area (Å²) in [6.45, 7) is 5.18. The van der Waals surface area contributed by atoms with Crippen LogP contribution in [0, 0.1) is 0 Å². The van der Waals surface area contributed by atoms with Crippen LogP contribution >= 0.6 is 11.6 Å². The summed E-state index contributed by atoms with van der Waals surface area (Å²) >= 11 is 6.24. The molecule has 0 saturated carbocycles. The van der Waals surface area contributed by atoms with Crippen molar-refractivity contribution in [2.45, 2.75) is 39.3 Å². The molecule has 1 unspecified atom stereocenters. The van der Waals surface area contributed by atoms with Crippen LogP contribution < -0.4 is 5.73 Å². The van der Waals surface area contributed by atoms with E-state index in [0.717, 1.165) is 18.5 Å². The lowest BCUT2D eigenvalue weighted by Gasteiger charge is -2.24. The fraction of sp³-hybridized carbons (Fsp3) is 0.500. The Hall–Kier alpha value is -1.26. The van der Waals surface area contributed by atoms with Crippen LogP contribution in [0.4, 0.5) is 0 Å². The predicted molar refractivity (Wildman–Crippen MR) is 79.8 cm³/mol. The molecule has 0 aliphatic heterocycles. The van der Waals surface area contributed by atoms with Gasteiger partial charge < -0.3 is 10.9 Å². The van der Waals surface area contributed by atoms with E-state index in [9.17, 15) is 0 Å². The zero-order valence-electron chi connectivity index (χ0n) is 11.7. The largest absolute Gasteiger partial charge is 0.409 e. The molecule has 4 nitrogen and oxygen atoms in total. The molecule has 0 aromatic heterocycles. The Kier molecular flexibility index (Phi) is 6.12. The minimum Gasteiger partial charge on any atom is -0.409 e. The van der Waals surface area contributed by atoms with Crippen LogP contribution in [0.5, 0.6) is 0 Å². The molecule has 0 aliphatic carbocycles. The monoisotopic (exact) mass is 283 g/mol. The second kappa shape index (κ2) is 7.36. The van der Waals surface area contributed by atoms with E-state index >= 15 is 0 Å². The molecule has 0 spiro atoms. The van der Waals surface area contributed by atoms with Crippen molar-refractivity contribution in [3.63, 3.8) is 0 Å². The van der Waals surface area contributed by atoms with Gasteiger partial charge in [0.25, 0.3) is 0 Å². The van der Waals surface area contributed by atoms with Gasteiger partial charge in [-0.1, -0.05) is 42.2 Å². The maximum atomic E-state index is 8.64. The number of benzene rings is 1. The second-order valence-electron chi connectivity index (χ2n) is 4.84. The number of halogens is 1. The number of oxime groups is 1. The summed E-state index contributed by atoms with van der Waals surface area (Å²) in [6, 6.07) is 5.98. The molecule has 1 aromatic carbocycles. The zero-order chi connectivity index (χ0) is 14.4. The third-order valence-corrected chi connectivity index (χ3v) is 3.69. The zero-order valence-corrected chi connectivity index (χ0v) is 12.5. The molecular formula is C14H22ClN3O. The molecular weight excluding hydrogens is 262 g/mol. The highest BCUT2D eigenvalue weighted by Crippen LogP contribution is 2.20. The van der Waals surface area contributed by atoms with Crippen molar-refractivity contribution in [3.8, 4) is 0 Å². The Balaban J connectivity index is 2.80. The number of rotatable bonds is 6. The summed E-state index contributed by atoms with van der Waals surface area (Å²) in [4.78, 5) is 2.27. The van der Waals surface area contributed by atoms with Gasteiger partial charge in [-0.25, -0.2) is 0 Å². The van der Waals surface area contributed by atoms with Crippen LogP contribution in [0.2, 0.25) is 5.02 Å². The number of hydrogen-bond donors (Lipinski definition) is 2. The minimum absolute atomic E-state index is 0.0705.